The molecule has 1 aromatic carbocycles. The molecule has 0 aliphatic carbocycles. The lowest BCUT2D eigenvalue weighted by Gasteiger charge is -2.05. The molecular formula is C14H17N3O3. The molecule has 1 aromatic heterocycles. The van der Waals surface area contributed by atoms with Gasteiger partial charge in [-0.3, -0.25) is 14.7 Å². The summed E-state index contributed by atoms with van der Waals surface area (Å²) in [6.45, 7) is 0.320. The van der Waals surface area contributed by atoms with Crippen molar-refractivity contribution in [3.05, 3.63) is 51.9 Å². The number of H-pyrrole nitrogens is 2. The van der Waals surface area contributed by atoms with Crippen LogP contribution in [-0.2, 0) is 17.8 Å². The molecule has 2 aromatic rings. The van der Waals surface area contributed by atoms with Crippen molar-refractivity contribution in [3.63, 3.8) is 0 Å². The van der Waals surface area contributed by atoms with Crippen molar-refractivity contribution in [1.29, 1.82) is 0 Å². The van der Waals surface area contributed by atoms with E-state index in [-0.39, 0.29) is 11.5 Å². The average Bonchev–Trinajstić information content (AvgIpc) is 2.89. The number of aryl methyl sites for hydroxylation is 1. The van der Waals surface area contributed by atoms with Crippen LogP contribution in [0.3, 0.4) is 0 Å². The molecule has 0 aliphatic rings. The molecule has 1 heterocycles. The maximum atomic E-state index is 11.7. The third-order valence-corrected chi connectivity index (χ3v) is 2.93. The number of rotatable bonds is 6. The summed E-state index contributed by atoms with van der Waals surface area (Å²) in [5.74, 6) is 0.748. The minimum absolute atomic E-state index is 0.0529. The van der Waals surface area contributed by atoms with Gasteiger partial charge in [-0.1, -0.05) is 12.1 Å². The Morgan fingerprint density at radius 2 is 2.00 bits per heavy atom. The van der Waals surface area contributed by atoms with Crippen LogP contribution in [0.15, 0.2) is 35.1 Å². The van der Waals surface area contributed by atoms with Crippen LogP contribution in [0.25, 0.3) is 0 Å². The van der Waals surface area contributed by atoms with Crippen LogP contribution in [0.1, 0.15) is 17.7 Å². The summed E-state index contributed by atoms with van der Waals surface area (Å²) in [7, 11) is 1.62. The Morgan fingerprint density at radius 3 is 2.60 bits per heavy atom. The molecule has 0 spiro atoms. The van der Waals surface area contributed by atoms with Gasteiger partial charge in [-0.2, -0.15) is 0 Å². The van der Waals surface area contributed by atoms with Crippen molar-refractivity contribution in [2.24, 2.45) is 0 Å². The molecule has 2 rings (SSSR count). The third kappa shape index (κ3) is 4.01. The van der Waals surface area contributed by atoms with E-state index in [9.17, 15) is 9.59 Å². The molecule has 0 atom stereocenters. The number of carbonyl (C=O) groups is 1. The number of nitrogens with one attached hydrogen (secondary N) is 3. The molecule has 1 amide bonds. The Bertz CT molecular complexity index is 613. The van der Waals surface area contributed by atoms with Crippen molar-refractivity contribution in [3.8, 4) is 5.75 Å². The van der Waals surface area contributed by atoms with Gasteiger partial charge in [0, 0.05) is 12.5 Å². The van der Waals surface area contributed by atoms with E-state index in [0.717, 1.165) is 11.3 Å². The monoisotopic (exact) mass is 275 g/mol. The second kappa shape index (κ2) is 6.60. The van der Waals surface area contributed by atoms with E-state index in [2.05, 4.69) is 15.5 Å². The number of carbonyl (C=O) groups excluding carboxylic acids is 1. The minimum Gasteiger partial charge on any atom is -0.497 e. The standard InChI is InChI=1S/C14H17N3O3/c1-20-12-5-2-10(3-6-12)4-7-13(18)15-9-11-8-14(19)17-16-11/h2-3,5-6,8H,4,7,9H2,1H3,(H,15,18)(H2,16,17,19). The Kier molecular flexibility index (Phi) is 4.60. The highest BCUT2D eigenvalue weighted by molar-refractivity contribution is 5.76. The molecule has 6 nitrogen and oxygen atoms in total. The Balaban J connectivity index is 1.75. The van der Waals surface area contributed by atoms with E-state index < -0.39 is 0 Å². The van der Waals surface area contributed by atoms with Gasteiger partial charge in [0.2, 0.25) is 5.91 Å². The van der Waals surface area contributed by atoms with Crippen LogP contribution in [0, 0.1) is 0 Å². The van der Waals surface area contributed by atoms with Crippen molar-refractivity contribution in [2.75, 3.05) is 7.11 Å². The van der Waals surface area contributed by atoms with E-state index >= 15 is 0 Å². The fourth-order valence-electron chi connectivity index (χ4n) is 1.80. The van der Waals surface area contributed by atoms with E-state index in [1.807, 2.05) is 24.3 Å². The number of ether oxygens (including phenoxy) is 1. The van der Waals surface area contributed by atoms with E-state index in [0.29, 0.717) is 25.1 Å². The van der Waals surface area contributed by atoms with Crippen LogP contribution in [0.4, 0.5) is 0 Å². The van der Waals surface area contributed by atoms with Crippen LogP contribution in [0.2, 0.25) is 0 Å². The van der Waals surface area contributed by atoms with Gasteiger partial charge in [-0.15, -0.1) is 0 Å². The van der Waals surface area contributed by atoms with Gasteiger partial charge < -0.3 is 15.2 Å². The molecule has 0 radical (unpaired) electrons. The number of hydrogen-bond acceptors (Lipinski definition) is 3. The molecule has 0 fully saturated rings. The lowest BCUT2D eigenvalue weighted by molar-refractivity contribution is -0.121. The predicted molar refractivity (Wildman–Crippen MR) is 74.6 cm³/mol. The lowest BCUT2D eigenvalue weighted by atomic mass is 10.1. The second-order valence-electron chi connectivity index (χ2n) is 4.41. The zero-order chi connectivity index (χ0) is 14.4. The first-order chi connectivity index (χ1) is 9.67. The van der Waals surface area contributed by atoms with E-state index in [4.69, 9.17) is 4.74 Å². The summed E-state index contributed by atoms with van der Waals surface area (Å²) in [5, 5.41) is 7.85. The second-order valence-corrected chi connectivity index (χ2v) is 4.41. The number of aromatic nitrogens is 2. The van der Waals surface area contributed by atoms with Crippen LogP contribution in [0.5, 0.6) is 5.75 Å². The van der Waals surface area contributed by atoms with Gasteiger partial charge >= 0.3 is 0 Å². The molecule has 0 saturated carbocycles. The fourth-order valence-corrected chi connectivity index (χ4v) is 1.80. The molecule has 3 N–H and O–H groups in total. The highest BCUT2D eigenvalue weighted by Crippen LogP contribution is 2.12. The fraction of sp³-hybridized carbons (Fsp3) is 0.286. The summed E-state index contributed by atoms with van der Waals surface area (Å²) < 4.78 is 5.07. The summed E-state index contributed by atoms with van der Waals surface area (Å²) in [6.07, 6.45) is 1.07. The van der Waals surface area contributed by atoms with Crippen molar-refractivity contribution in [1.82, 2.24) is 15.5 Å². The SMILES string of the molecule is COc1ccc(CCC(=O)NCc2cc(=O)[nH][nH]2)cc1. The Morgan fingerprint density at radius 1 is 1.25 bits per heavy atom. The maximum absolute atomic E-state index is 11.7. The largest absolute Gasteiger partial charge is 0.497 e. The zero-order valence-electron chi connectivity index (χ0n) is 11.2. The Hall–Kier alpha value is -2.50. The maximum Gasteiger partial charge on any atom is 0.264 e. The minimum atomic E-state index is -0.201. The molecular weight excluding hydrogens is 258 g/mol. The number of benzene rings is 1. The van der Waals surface area contributed by atoms with Gasteiger partial charge in [-0.05, 0) is 24.1 Å². The first kappa shape index (κ1) is 13.9. The Labute approximate surface area is 116 Å². The van der Waals surface area contributed by atoms with Crippen LogP contribution < -0.4 is 15.6 Å². The van der Waals surface area contributed by atoms with Crippen LogP contribution in [-0.4, -0.2) is 23.2 Å². The average molecular weight is 275 g/mol. The topological polar surface area (TPSA) is 87.0 Å². The molecule has 0 unspecified atom stereocenters. The van der Waals surface area contributed by atoms with Gasteiger partial charge in [0.25, 0.3) is 5.56 Å². The van der Waals surface area contributed by atoms with E-state index in [1.54, 1.807) is 7.11 Å². The van der Waals surface area contributed by atoms with Crippen molar-refractivity contribution >= 4 is 5.91 Å². The number of hydrogen-bond donors (Lipinski definition) is 3. The quantitative estimate of drug-likeness (QED) is 0.734. The zero-order valence-corrected chi connectivity index (χ0v) is 11.2. The van der Waals surface area contributed by atoms with E-state index in [1.165, 1.54) is 6.07 Å². The molecule has 106 valence electrons. The highest BCUT2D eigenvalue weighted by atomic mass is 16.5. The number of methoxy groups -OCH3 is 1. The molecule has 0 bridgehead atoms. The first-order valence-corrected chi connectivity index (χ1v) is 6.33. The number of aromatic amines is 2. The van der Waals surface area contributed by atoms with Gasteiger partial charge in [0.1, 0.15) is 5.75 Å². The molecule has 0 aliphatic heterocycles. The van der Waals surface area contributed by atoms with Gasteiger partial charge in [-0.25, -0.2) is 0 Å². The normalized spacial score (nSPS) is 10.2. The molecule has 6 heteroatoms. The smallest absolute Gasteiger partial charge is 0.264 e. The molecule has 20 heavy (non-hydrogen) atoms. The summed E-state index contributed by atoms with van der Waals surface area (Å²) >= 11 is 0. The first-order valence-electron chi connectivity index (χ1n) is 6.33. The summed E-state index contributed by atoms with van der Waals surface area (Å²) in [4.78, 5) is 22.6. The summed E-state index contributed by atoms with van der Waals surface area (Å²) in [5.41, 5.74) is 1.54. The predicted octanol–water partition coefficient (Wildman–Crippen LogP) is 0.961. The lowest BCUT2D eigenvalue weighted by Crippen LogP contribution is -2.23. The van der Waals surface area contributed by atoms with Gasteiger partial charge in [0.15, 0.2) is 0 Å². The van der Waals surface area contributed by atoms with Gasteiger partial charge in [0.05, 0.1) is 19.3 Å². The van der Waals surface area contributed by atoms with Crippen LogP contribution >= 0.6 is 0 Å². The highest BCUT2D eigenvalue weighted by Gasteiger charge is 2.03. The third-order valence-electron chi connectivity index (χ3n) is 2.93. The van der Waals surface area contributed by atoms with Crippen molar-refractivity contribution in [2.45, 2.75) is 19.4 Å². The van der Waals surface area contributed by atoms with Crippen molar-refractivity contribution < 1.29 is 9.53 Å². The number of amides is 1. The summed E-state index contributed by atoms with van der Waals surface area (Å²) in [6, 6.07) is 9.05. The molecule has 0 saturated heterocycles.